The van der Waals surface area contributed by atoms with Crippen LogP contribution in [-0.2, 0) is 9.53 Å². The van der Waals surface area contributed by atoms with E-state index in [1.807, 2.05) is 19.1 Å². The van der Waals surface area contributed by atoms with Crippen molar-refractivity contribution >= 4 is 33.6 Å². The number of halogens is 1. The molecule has 2 heterocycles. The van der Waals surface area contributed by atoms with Crippen molar-refractivity contribution in [3.05, 3.63) is 75.4 Å². The highest BCUT2D eigenvalue weighted by Gasteiger charge is 2.38. The Morgan fingerprint density at radius 1 is 1.13 bits per heavy atom. The minimum absolute atomic E-state index is 0.00314. The van der Waals surface area contributed by atoms with Gasteiger partial charge in [0.15, 0.2) is 5.78 Å². The third kappa shape index (κ3) is 3.93. The zero-order chi connectivity index (χ0) is 22.0. The SMILES string of the molecule is CCOc1ccc([C@H]2C(C(=O)c3ccc(Br)cc3)=C(C(=O)OC)Nc3nnnn32)cc1. The van der Waals surface area contributed by atoms with E-state index in [2.05, 4.69) is 36.8 Å². The number of benzene rings is 2. The van der Waals surface area contributed by atoms with Gasteiger partial charge in [0, 0.05) is 10.0 Å². The smallest absolute Gasteiger partial charge is 0.355 e. The Morgan fingerprint density at radius 2 is 1.84 bits per heavy atom. The molecule has 3 aromatic rings. The topological polar surface area (TPSA) is 108 Å². The summed E-state index contributed by atoms with van der Waals surface area (Å²) in [6.07, 6.45) is 0. The van der Waals surface area contributed by atoms with Gasteiger partial charge >= 0.3 is 5.97 Å². The zero-order valence-electron chi connectivity index (χ0n) is 16.7. The normalized spacial score (nSPS) is 15.1. The fraction of sp³-hybridized carbons (Fsp3) is 0.190. The summed E-state index contributed by atoms with van der Waals surface area (Å²) in [5.41, 5.74) is 1.30. The molecule has 0 saturated carbocycles. The van der Waals surface area contributed by atoms with Crippen LogP contribution in [0.15, 0.2) is 64.3 Å². The predicted molar refractivity (Wildman–Crippen MR) is 115 cm³/mol. The lowest BCUT2D eigenvalue weighted by Crippen LogP contribution is -2.32. The molecule has 10 heteroatoms. The quantitative estimate of drug-likeness (QED) is 0.420. The average Bonchev–Trinajstić information content (AvgIpc) is 3.26. The first-order chi connectivity index (χ1) is 15.0. The van der Waals surface area contributed by atoms with Gasteiger partial charge in [-0.05, 0) is 59.3 Å². The number of Topliss-reactive ketones (excluding diaryl/α,β-unsaturated/α-hetero) is 1. The molecule has 1 aliphatic rings. The molecule has 9 nitrogen and oxygen atoms in total. The zero-order valence-corrected chi connectivity index (χ0v) is 18.3. The summed E-state index contributed by atoms with van der Waals surface area (Å²) in [5.74, 6) is -0.118. The third-order valence-electron chi connectivity index (χ3n) is 4.76. The van der Waals surface area contributed by atoms with Crippen LogP contribution in [0, 0.1) is 0 Å². The lowest BCUT2D eigenvalue weighted by Gasteiger charge is -2.28. The summed E-state index contributed by atoms with van der Waals surface area (Å²) in [6.45, 7) is 2.43. The Labute approximate surface area is 186 Å². The van der Waals surface area contributed by atoms with Crippen molar-refractivity contribution < 1.29 is 19.1 Å². The van der Waals surface area contributed by atoms with Crippen molar-refractivity contribution in [2.45, 2.75) is 13.0 Å². The van der Waals surface area contributed by atoms with Crippen LogP contribution < -0.4 is 10.1 Å². The van der Waals surface area contributed by atoms with E-state index in [4.69, 9.17) is 9.47 Å². The standard InChI is InChI=1S/C21H18BrN5O4/c1-3-31-15-10-6-12(7-11-15)18-16(19(28)13-4-8-14(22)9-5-13)17(20(29)30-2)23-21-24-25-26-27(18)21/h4-11,18H,3H2,1-2H3,(H,23,24,26)/t18-/m0/s1. The fourth-order valence-electron chi connectivity index (χ4n) is 3.37. The highest BCUT2D eigenvalue weighted by atomic mass is 79.9. The van der Waals surface area contributed by atoms with Crippen molar-refractivity contribution in [3.8, 4) is 5.75 Å². The molecule has 1 aliphatic heterocycles. The molecule has 0 unspecified atom stereocenters. The number of fused-ring (bicyclic) bond motifs is 1. The maximum absolute atomic E-state index is 13.6. The largest absolute Gasteiger partial charge is 0.494 e. The first-order valence-electron chi connectivity index (χ1n) is 9.44. The second-order valence-corrected chi connectivity index (χ2v) is 7.51. The molecule has 1 aromatic heterocycles. The molecule has 0 amide bonds. The van der Waals surface area contributed by atoms with Crippen LogP contribution in [0.2, 0.25) is 0 Å². The van der Waals surface area contributed by atoms with Gasteiger partial charge in [0.1, 0.15) is 17.5 Å². The van der Waals surface area contributed by atoms with E-state index in [9.17, 15) is 9.59 Å². The summed E-state index contributed by atoms with van der Waals surface area (Å²) in [5, 5.41) is 14.5. The van der Waals surface area contributed by atoms with Gasteiger partial charge in [0.25, 0.3) is 0 Å². The molecule has 1 atom stereocenters. The Morgan fingerprint density at radius 3 is 2.48 bits per heavy atom. The first kappa shape index (κ1) is 20.7. The Balaban J connectivity index is 1.89. The van der Waals surface area contributed by atoms with Crippen molar-refractivity contribution in [2.24, 2.45) is 0 Å². The number of aromatic nitrogens is 4. The molecule has 0 bridgehead atoms. The highest BCUT2D eigenvalue weighted by Crippen LogP contribution is 2.37. The van der Waals surface area contributed by atoms with E-state index in [1.54, 1.807) is 36.4 Å². The number of anilines is 1. The predicted octanol–water partition coefficient (Wildman–Crippen LogP) is 3.16. The molecular formula is C21H18BrN5O4. The van der Waals surface area contributed by atoms with Crippen LogP contribution in [0.25, 0.3) is 0 Å². The number of ketones is 1. The van der Waals surface area contributed by atoms with Gasteiger partial charge in [0.2, 0.25) is 5.95 Å². The molecular weight excluding hydrogens is 466 g/mol. The summed E-state index contributed by atoms with van der Waals surface area (Å²) in [7, 11) is 1.25. The third-order valence-corrected chi connectivity index (χ3v) is 5.29. The molecule has 0 saturated heterocycles. The van der Waals surface area contributed by atoms with Crippen molar-refractivity contribution in [1.82, 2.24) is 20.2 Å². The van der Waals surface area contributed by atoms with Crippen molar-refractivity contribution in [1.29, 1.82) is 0 Å². The molecule has 4 rings (SSSR count). The molecule has 2 aromatic carbocycles. The Hall–Kier alpha value is -3.53. The summed E-state index contributed by atoms with van der Waals surface area (Å²) < 4.78 is 12.8. The number of nitrogens with one attached hydrogen (secondary N) is 1. The van der Waals surface area contributed by atoms with Crippen molar-refractivity contribution in [3.63, 3.8) is 0 Å². The van der Waals surface area contributed by atoms with E-state index in [1.165, 1.54) is 11.8 Å². The lowest BCUT2D eigenvalue weighted by molar-refractivity contribution is -0.136. The van der Waals surface area contributed by atoms with Crippen LogP contribution in [0.1, 0.15) is 28.9 Å². The lowest BCUT2D eigenvalue weighted by atomic mass is 9.89. The van der Waals surface area contributed by atoms with Gasteiger partial charge in [0.05, 0.1) is 19.3 Å². The van der Waals surface area contributed by atoms with E-state index in [-0.39, 0.29) is 23.0 Å². The van der Waals surface area contributed by atoms with Crippen LogP contribution in [0.5, 0.6) is 5.75 Å². The Bertz CT molecular complexity index is 1160. The van der Waals surface area contributed by atoms with Crippen LogP contribution in [-0.4, -0.2) is 45.7 Å². The van der Waals surface area contributed by atoms with Gasteiger partial charge < -0.3 is 14.8 Å². The number of tetrazole rings is 1. The van der Waals surface area contributed by atoms with E-state index >= 15 is 0 Å². The number of carbonyl (C=O) groups is 2. The molecule has 0 radical (unpaired) electrons. The number of nitrogens with zero attached hydrogens (tertiary/aromatic N) is 4. The van der Waals surface area contributed by atoms with Crippen LogP contribution in [0.3, 0.4) is 0 Å². The minimum Gasteiger partial charge on any atom is -0.494 e. The average molecular weight is 484 g/mol. The molecule has 0 fully saturated rings. The highest BCUT2D eigenvalue weighted by molar-refractivity contribution is 9.10. The number of rotatable bonds is 6. The minimum atomic E-state index is -0.743. The fourth-order valence-corrected chi connectivity index (χ4v) is 3.63. The summed E-state index contributed by atoms with van der Waals surface area (Å²) >= 11 is 3.37. The second-order valence-electron chi connectivity index (χ2n) is 6.59. The van der Waals surface area contributed by atoms with Crippen molar-refractivity contribution in [2.75, 3.05) is 19.0 Å². The van der Waals surface area contributed by atoms with Gasteiger partial charge in [-0.25, -0.2) is 4.79 Å². The summed E-state index contributed by atoms with van der Waals surface area (Å²) in [6, 6.07) is 13.4. The molecule has 0 aliphatic carbocycles. The maximum atomic E-state index is 13.6. The maximum Gasteiger partial charge on any atom is 0.355 e. The van der Waals surface area contributed by atoms with Gasteiger partial charge in [-0.3, -0.25) is 4.79 Å². The molecule has 31 heavy (non-hydrogen) atoms. The number of hydrogen-bond acceptors (Lipinski definition) is 8. The van der Waals surface area contributed by atoms with Gasteiger partial charge in [-0.2, -0.15) is 4.68 Å². The van der Waals surface area contributed by atoms with Crippen LogP contribution in [0.4, 0.5) is 5.95 Å². The van der Waals surface area contributed by atoms with E-state index in [0.29, 0.717) is 23.5 Å². The molecule has 158 valence electrons. The van der Waals surface area contributed by atoms with Gasteiger partial charge in [-0.15, -0.1) is 0 Å². The van der Waals surface area contributed by atoms with Crippen LogP contribution >= 0.6 is 15.9 Å². The van der Waals surface area contributed by atoms with E-state index in [0.717, 1.165) is 4.47 Å². The Kier molecular flexibility index (Phi) is 5.81. The number of allylic oxidation sites excluding steroid dienone is 1. The molecule has 1 N–H and O–H groups in total. The number of ether oxygens (including phenoxy) is 2. The monoisotopic (exact) mass is 483 g/mol. The number of methoxy groups -OCH3 is 1. The van der Waals surface area contributed by atoms with E-state index < -0.39 is 12.0 Å². The summed E-state index contributed by atoms with van der Waals surface area (Å²) in [4.78, 5) is 26.2. The second kappa shape index (κ2) is 8.68. The molecule has 0 spiro atoms. The first-order valence-corrected chi connectivity index (χ1v) is 10.2. The van der Waals surface area contributed by atoms with Gasteiger partial charge in [-0.1, -0.05) is 33.2 Å². The number of esters is 1. The number of carbonyl (C=O) groups excluding carboxylic acids is 2. The number of hydrogen-bond donors (Lipinski definition) is 1.